The number of aryl methyl sites for hydroxylation is 2. The Morgan fingerprint density at radius 3 is 2.86 bits per heavy atom. The molecule has 3 aromatic rings. The summed E-state index contributed by atoms with van der Waals surface area (Å²) in [5.74, 6) is 0.0745. The molecule has 0 saturated carbocycles. The minimum Gasteiger partial charge on any atom is -0.361 e. The quantitative estimate of drug-likeness (QED) is 0.717. The van der Waals surface area contributed by atoms with Crippen LogP contribution in [0.3, 0.4) is 0 Å². The molecule has 0 atom stereocenters. The van der Waals surface area contributed by atoms with E-state index in [9.17, 15) is 4.79 Å². The summed E-state index contributed by atoms with van der Waals surface area (Å²) < 4.78 is 0. The van der Waals surface area contributed by atoms with E-state index in [0.717, 1.165) is 29.6 Å². The summed E-state index contributed by atoms with van der Waals surface area (Å²) in [5, 5.41) is 4.20. The number of anilines is 1. The number of para-hydroxylation sites is 1. The molecule has 1 aromatic heterocycles. The van der Waals surface area contributed by atoms with Crippen LogP contribution in [-0.4, -0.2) is 10.9 Å². The maximum absolute atomic E-state index is 12.0. The fourth-order valence-corrected chi connectivity index (χ4v) is 2.72. The molecule has 22 heavy (non-hydrogen) atoms. The lowest BCUT2D eigenvalue weighted by atomic mass is 10.1. The van der Waals surface area contributed by atoms with Gasteiger partial charge < -0.3 is 10.3 Å². The minimum atomic E-state index is 0.0745. The van der Waals surface area contributed by atoms with Crippen LogP contribution >= 0.6 is 0 Å². The highest BCUT2D eigenvalue weighted by Gasteiger charge is 2.06. The molecule has 0 saturated heterocycles. The van der Waals surface area contributed by atoms with Gasteiger partial charge in [-0.25, -0.2) is 0 Å². The van der Waals surface area contributed by atoms with Gasteiger partial charge in [0.2, 0.25) is 5.91 Å². The molecule has 0 fully saturated rings. The van der Waals surface area contributed by atoms with Crippen LogP contribution < -0.4 is 5.32 Å². The Balaban J connectivity index is 1.53. The van der Waals surface area contributed by atoms with Gasteiger partial charge in [0.1, 0.15) is 0 Å². The number of rotatable bonds is 5. The van der Waals surface area contributed by atoms with Crippen LogP contribution in [0.5, 0.6) is 0 Å². The topological polar surface area (TPSA) is 44.9 Å². The number of H-pyrrole nitrogens is 1. The molecular weight excluding hydrogens is 272 g/mol. The van der Waals surface area contributed by atoms with Gasteiger partial charge in [-0.05, 0) is 49.1 Å². The van der Waals surface area contributed by atoms with E-state index in [1.54, 1.807) is 0 Å². The smallest absolute Gasteiger partial charge is 0.224 e. The van der Waals surface area contributed by atoms with Crippen molar-refractivity contribution in [1.29, 1.82) is 0 Å². The second-order valence-electron chi connectivity index (χ2n) is 5.63. The molecule has 0 radical (unpaired) electrons. The van der Waals surface area contributed by atoms with Gasteiger partial charge in [-0.3, -0.25) is 4.79 Å². The zero-order valence-electron chi connectivity index (χ0n) is 12.7. The number of aromatic nitrogens is 1. The average molecular weight is 292 g/mol. The van der Waals surface area contributed by atoms with Crippen molar-refractivity contribution in [3.8, 4) is 0 Å². The SMILES string of the molecule is Cc1cccc(NC(=O)CCCc2c[nH]c3ccccc23)c1. The lowest BCUT2D eigenvalue weighted by Crippen LogP contribution is -2.11. The van der Waals surface area contributed by atoms with Crippen molar-refractivity contribution in [2.45, 2.75) is 26.2 Å². The summed E-state index contributed by atoms with van der Waals surface area (Å²) in [6.45, 7) is 2.02. The minimum absolute atomic E-state index is 0.0745. The summed E-state index contributed by atoms with van der Waals surface area (Å²) in [6.07, 6.45) is 4.33. The van der Waals surface area contributed by atoms with Crippen LogP contribution in [0.2, 0.25) is 0 Å². The average Bonchev–Trinajstić information content (AvgIpc) is 2.91. The van der Waals surface area contributed by atoms with Crippen LogP contribution in [0, 0.1) is 6.92 Å². The maximum atomic E-state index is 12.0. The Morgan fingerprint density at radius 1 is 1.14 bits per heavy atom. The van der Waals surface area contributed by atoms with Crippen molar-refractivity contribution in [2.24, 2.45) is 0 Å². The number of carbonyl (C=O) groups is 1. The molecule has 3 heteroatoms. The van der Waals surface area contributed by atoms with Crippen LogP contribution in [0.1, 0.15) is 24.0 Å². The molecule has 2 aromatic carbocycles. The number of benzene rings is 2. The van der Waals surface area contributed by atoms with Gasteiger partial charge in [-0.15, -0.1) is 0 Å². The van der Waals surface area contributed by atoms with Gasteiger partial charge >= 0.3 is 0 Å². The predicted molar refractivity (Wildman–Crippen MR) is 91.0 cm³/mol. The third-order valence-corrected chi connectivity index (χ3v) is 3.83. The second-order valence-corrected chi connectivity index (χ2v) is 5.63. The number of carbonyl (C=O) groups excluding carboxylic acids is 1. The van der Waals surface area contributed by atoms with Crippen LogP contribution in [0.4, 0.5) is 5.69 Å². The van der Waals surface area contributed by atoms with Crippen molar-refractivity contribution in [3.05, 3.63) is 65.9 Å². The molecule has 0 aliphatic carbocycles. The van der Waals surface area contributed by atoms with Gasteiger partial charge in [-0.1, -0.05) is 30.3 Å². The highest BCUT2D eigenvalue weighted by atomic mass is 16.1. The zero-order valence-corrected chi connectivity index (χ0v) is 12.7. The van der Waals surface area contributed by atoms with E-state index < -0.39 is 0 Å². The van der Waals surface area contributed by atoms with Crippen LogP contribution in [-0.2, 0) is 11.2 Å². The Labute approximate surface area is 130 Å². The summed E-state index contributed by atoms with van der Waals surface area (Å²) in [5.41, 5.74) is 4.45. The van der Waals surface area contributed by atoms with Crippen molar-refractivity contribution in [3.63, 3.8) is 0 Å². The number of hydrogen-bond donors (Lipinski definition) is 2. The van der Waals surface area contributed by atoms with E-state index >= 15 is 0 Å². The Morgan fingerprint density at radius 2 is 2.00 bits per heavy atom. The van der Waals surface area contributed by atoms with Crippen molar-refractivity contribution in [1.82, 2.24) is 4.98 Å². The van der Waals surface area contributed by atoms with Crippen LogP contribution in [0.15, 0.2) is 54.7 Å². The largest absolute Gasteiger partial charge is 0.361 e. The van der Waals surface area contributed by atoms with Crippen LogP contribution in [0.25, 0.3) is 10.9 Å². The Kier molecular flexibility index (Phi) is 4.24. The highest BCUT2D eigenvalue weighted by Crippen LogP contribution is 2.19. The summed E-state index contributed by atoms with van der Waals surface area (Å²) in [4.78, 5) is 15.3. The van der Waals surface area contributed by atoms with E-state index in [2.05, 4.69) is 22.4 Å². The van der Waals surface area contributed by atoms with Gasteiger partial charge in [0.15, 0.2) is 0 Å². The van der Waals surface area contributed by atoms with Gasteiger partial charge in [-0.2, -0.15) is 0 Å². The molecule has 0 bridgehead atoms. The molecule has 1 amide bonds. The fourth-order valence-electron chi connectivity index (χ4n) is 2.72. The lowest BCUT2D eigenvalue weighted by molar-refractivity contribution is -0.116. The lowest BCUT2D eigenvalue weighted by Gasteiger charge is -2.06. The summed E-state index contributed by atoms with van der Waals surface area (Å²) >= 11 is 0. The number of amides is 1. The van der Waals surface area contributed by atoms with E-state index in [0.29, 0.717) is 6.42 Å². The Hall–Kier alpha value is -2.55. The molecule has 0 unspecified atom stereocenters. The molecule has 0 aliphatic rings. The van der Waals surface area contributed by atoms with Crippen molar-refractivity contribution >= 4 is 22.5 Å². The third-order valence-electron chi connectivity index (χ3n) is 3.83. The number of fused-ring (bicyclic) bond motifs is 1. The van der Waals surface area contributed by atoms with Crippen molar-refractivity contribution < 1.29 is 4.79 Å². The van der Waals surface area contributed by atoms with Crippen molar-refractivity contribution in [2.75, 3.05) is 5.32 Å². The monoisotopic (exact) mass is 292 g/mol. The third kappa shape index (κ3) is 3.37. The van der Waals surface area contributed by atoms with E-state index in [1.165, 1.54) is 10.9 Å². The van der Waals surface area contributed by atoms with E-state index in [4.69, 9.17) is 0 Å². The molecule has 3 nitrogen and oxygen atoms in total. The Bertz CT molecular complexity index is 789. The molecule has 112 valence electrons. The van der Waals surface area contributed by atoms with E-state index in [1.807, 2.05) is 49.5 Å². The van der Waals surface area contributed by atoms with Gasteiger partial charge in [0.25, 0.3) is 0 Å². The number of aromatic amines is 1. The summed E-state index contributed by atoms with van der Waals surface area (Å²) in [7, 11) is 0. The first kappa shape index (κ1) is 14.4. The molecule has 2 N–H and O–H groups in total. The predicted octanol–water partition coefficient (Wildman–Crippen LogP) is 4.44. The van der Waals surface area contributed by atoms with Gasteiger partial charge in [0, 0.05) is 29.2 Å². The molecular formula is C19H20N2O. The normalized spacial score (nSPS) is 10.8. The molecule has 0 spiro atoms. The van der Waals surface area contributed by atoms with Gasteiger partial charge in [0.05, 0.1) is 0 Å². The number of hydrogen-bond acceptors (Lipinski definition) is 1. The maximum Gasteiger partial charge on any atom is 0.224 e. The molecule has 0 aliphatic heterocycles. The summed E-state index contributed by atoms with van der Waals surface area (Å²) in [6, 6.07) is 16.1. The first-order valence-corrected chi connectivity index (χ1v) is 7.64. The zero-order chi connectivity index (χ0) is 15.4. The molecule has 1 heterocycles. The standard InChI is InChI=1S/C19H20N2O/c1-14-6-4-8-16(12-14)21-19(22)11-5-7-15-13-20-18-10-3-2-9-17(15)18/h2-4,6,8-10,12-13,20H,5,7,11H2,1H3,(H,21,22). The number of nitrogens with one attached hydrogen (secondary N) is 2. The molecule has 3 rings (SSSR count). The fraction of sp³-hybridized carbons (Fsp3) is 0.211. The first-order valence-electron chi connectivity index (χ1n) is 7.64. The van der Waals surface area contributed by atoms with E-state index in [-0.39, 0.29) is 5.91 Å². The second kappa shape index (κ2) is 6.48. The highest BCUT2D eigenvalue weighted by molar-refractivity contribution is 5.90. The first-order chi connectivity index (χ1) is 10.7.